The van der Waals surface area contributed by atoms with E-state index in [1.165, 1.54) is 0 Å². The first-order valence-electron chi connectivity index (χ1n) is 8.15. The number of hydrogen-bond donors (Lipinski definition) is 2. The minimum Gasteiger partial charge on any atom is -0.362 e. The first kappa shape index (κ1) is 20.6. The van der Waals surface area contributed by atoms with Gasteiger partial charge >= 0.3 is 0 Å². The van der Waals surface area contributed by atoms with E-state index in [4.69, 9.17) is 23.8 Å². The second-order valence-electron chi connectivity index (χ2n) is 5.80. The topological polar surface area (TPSA) is 44.4 Å². The van der Waals surface area contributed by atoms with Crippen molar-refractivity contribution in [3.05, 3.63) is 64.7 Å². The molecule has 0 radical (unpaired) electrons. The molecule has 0 unspecified atom stereocenters. The zero-order valence-corrected chi connectivity index (χ0v) is 17.2. The molecule has 0 saturated heterocycles. The number of carbonyl (C=O) groups is 1. The van der Waals surface area contributed by atoms with Gasteiger partial charge in [-0.25, -0.2) is 0 Å². The summed E-state index contributed by atoms with van der Waals surface area (Å²) >= 11 is 13.2. The van der Waals surface area contributed by atoms with Crippen LogP contribution in [0.3, 0.4) is 0 Å². The van der Waals surface area contributed by atoms with Gasteiger partial charge in [0.15, 0.2) is 5.11 Å². The molecule has 0 heterocycles. The van der Waals surface area contributed by atoms with Crippen LogP contribution in [0.15, 0.2) is 48.5 Å². The molecule has 0 spiro atoms. The zero-order chi connectivity index (χ0) is 18.9. The number of nitrogens with one attached hydrogen (secondary N) is 2. The Morgan fingerprint density at radius 3 is 2.50 bits per heavy atom. The van der Waals surface area contributed by atoms with E-state index in [1.54, 1.807) is 42.9 Å². The van der Waals surface area contributed by atoms with Crippen LogP contribution in [0.4, 0.5) is 5.69 Å². The number of thioether (sulfide) groups is 1. The summed E-state index contributed by atoms with van der Waals surface area (Å²) in [7, 11) is 3.47. The van der Waals surface area contributed by atoms with Crippen LogP contribution < -0.4 is 10.6 Å². The number of anilines is 1. The van der Waals surface area contributed by atoms with Crippen LogP contribution in [0.5, 0.6) is 0 Å². The molecule has 2 rings (SSSR count). The Hall–Kier alpha value is -1.76. The summed E-state index contributed by atoms with van der Waals surface area (Å²) in [5.74, 6) is 1.78. The quantitative estimate of drug-likeness (QED) is 0.530. The molecular weight excluding hydrogens is 386 g/mol. The van der Waals surface area contributed by atoms with Crippen molar-refractivity contribution in [2.45, 2.75) is 5.75 Å². The summed E-state index contributed by atoms with van der Waals surface area (Å²) in [6.07, 6.45) is 0. The van der Waals surface area contributed by atoms with E-state index >= 15 is 0 Å². The van der Waals surface area contributed by atoms with Crippen LogP contribution in [-0.4, -0.2) is 42.3 Å². The Bertz CT molecular complexity index is 751. The van der Waals surface area contributed by atoms with Crippen molar-refractivity contribution in [1.82, 2.24) is 10.2 Å². The highest BCUT2D eigenvalue weighted by molar-refractivity contribution is 7.98. The lowest BCUT2D eigenvalue weighted by atomic mass is 10.2. The first-order chi connectivity index (χ1) is 12.5. The van der Waals surface area contributed by atoms with Gasteiger partial charge in [-0.3, -0.25) is 4.79 Å². The largest absolute Gasteiger partial charge is 0.362 e. The van der Waals surface area contributed by atoms with Gasteiger partial charge in [0.2, 0.25) is 0 Å². The summed E-state index contributed by atoms with van der Waals surface area (Å²) in [6, 6.07) is 15.1. The van der Waals surface area contributed by atoms with E-state index in [0.717, 1.165) is 34.3 Å². The average Bonchev–Trinajstić information content (AvgIpc) is 2.63. The number of rotatable bonds is 7. The van der Waals surface area contributed by atoms with Crippen molar-refractivity contribution < 1.29 is 4.79 Å². The Balaban J connectivity index is 1.69. The molecule has 0 aromatic heterocycles. The summed E-state index contributed by atoms with van der Waals surface area (Å²) in [4.78, 5) is 13.4. The SMILES string of the molecule is CN(C)C(=O)c1ccc(NC(=S)NCCSCc2ccccc2Cl)cc1. The van der Waals surface area contributed by atoms with E-state index in [-0.39, 0.29) is 5.91 Å². The lowest BCUT2D eigenvalue weighted by molar-refractivity contribution is 0.0827. The molecule has 0 bridgehead atoms. The van der Waals surface area contributed by atoms with Gasteiger partial charge in [-0.2, -0.15) is 11.8 Å². The third-order valence-electron chi connectivity index (χ3n) is 3.54. The molecule has 1 amide bonds. The van der Waals surface area contributed by atoms with Gasteiger partial charge in [-0.1, -0.05) is 29.8 Å². The maximum absolute atomic E-state index is 11.9. The summed E-state index contributed by atoms with van der Waals surface area (Å²) < 4.78 is 0. The van der Waals surface area contributed by atoms with Crippen molar-refractivity contribution in [3.63, 3.8) is 0 Å². The number of benzene rings is 2. The van der Waals surface area contributed by atoms with E-state index < -0.39 is 0 Å². The van der Waals surface area contributed by atoms with Gasteiger partial charge < -0.3 is 15.5 Å². The van der Waals surface area contributed by atoms with E-state index in [2.05, 4.69) is 10.6 Å². The molecule has 2 aromatic rings. The van der Waals surface area contributed by atoms with E-state index in [9.17, 15) is 4.79 Å². The Morgan fingerprint density at radius 2 is 1.85 bits per heavy atom. The standard InChI is InChI=1S/C19H22ClN3OS2/c1-23(2)18(24)14-7-9-16(10-8-14)22-19(25)21-11-12-26-13-15-5-3-4-6-17(15)20/h3-10H,11-13H2,1-2H3,(H2,21,22,25). The van der Waals surface area contributed by atoms with Gasteiger partial charge in [0.05, 0.1) is 0 Å². The normalized spacial score (nSPS) is 10.3. The summed E-state index contributed by atoms with van der Waals surface area (Å²) in [5, 5.41) is 7.67. The third kappa shape index (κ3) is 6.52. The summed E-state index contributed by atoms with van der Waals surface area (Å²) in [6.45, 7) is 0.762. The predicted molar refractivity (Wildman–Crippen MR) is 116 cm³/mol. The minimum atomic E-state index is -0.0206. The number of amides is 1. The number of nitrogens with zero attached hydrogens (tertiary/aromatic N) is 1. The number of halogens is 1. The van der Waals surface area contributed by atoms with Crippen LogP contribution in [0.25, 0.3) is 0 Å². The van der Waals surface area contributed by atoms with Crippen LogP contribution in [-0.2, 0) is 5.75 Å². The monoisotopic (exact) mass is 407 g/mol. The highest BCUT2D eigenvalue weighted by Gasteiger charge is 2.07. The fourth-order valence-electron chi connectivity index (χ4n) is 2.16. The van der Waals surface area contributed by atoms with Crippen molar-refractivity contribution >= 4 is 52.3 Å². The molecule has 0 saturated carbocycles. The molecule has 2 N–H and O–H groups in total. The molecule has 0 aliphatic carbocycles. The van der Waals surface area contributed by atoms with Crippen LogP contribution in [0.2, 0.25) is 5.02 Å². The molecule has 138 valence electrons. The highest BCUT2D eigenvalue weighted by Crippen LogP contribution is 2.20. The van der Waals surface area contributed by atoms with Crippen molar-refractivity contribution in [1.29, 1.82) is 0 Å². The van der Waals surface area contributed by atoms with Gasteiger partial charge in [-0.05, 0) is 48.1 Å². The van der Waals surface area contributed by atoms with Gasteiger partial charge in [-0.15, -0.1) is 0 Å². The van der Waals surface area contributed by atoms with Crippen molar-refractivity contribution in [3.8, 4) is 0 Å². The maximum atomic E-state index is 11.9. The average molecular weight is 408 g/mol. The fraction of sp³-hybridized carbons (Fsp3) is 0.263. The smallest absolute Gasteiger partial charge is 0.253 e. The zero-order valence-electron chi connectivity index (χ0n) is 14.8. The molecule has 0 atom stereocenters. The number of thiocarbonyl (C=S) groups is 1. The second-order valence-corrected chi connectivity index (χ2v) is 7.72. The van der Waals surface area contributed by atoms with Crippen LogP contribution in [0.1, 0.15) is 15.9 Å². The van der Waals surface area contributed by atoms with E-state index in [1.807, 2.05) is 36.4 Å². The molecular formula is C19H22ClN3OS2. The van der Waals surface area contributed by atoms with Crippen molar-refractivity contribution in [2.24, 2.45) is 0 Å². The molecule has 0 aliphatic rings. The number of hydrogen-bond acceptors (Lipinski definition) is 3. The lowest BCUT2D eigenvalue weighted by Crippen LogP contribution is -2.30. The van der Waals surface area contributed by atoms with Crippen LogP contribution >= 0.6 is 35.6 Å². The molecule has 26 heavy (non-hydrogen) atoms. The third-order valence-corrected chi connectivity index (χ3v) is 5.17. The fourth-order valence-corrected chi connectivity index (χ4v) is 3.53. The molecule has 0 fully saturated rings. The first-order valence-corrected chi connectivity index (χ1v) is 10.1. The molecule has 4 nitrogen and oxygen atoms in total. The summed E-state index contributed by atoms with van der Waals surface area (Å²) in [5.41, 5.74) is 2.64. The molecule has 0 aliphatic heterocycles. The highest BCUT2D eigenvalue weighted by atomic mass is 35.5. The molecule has 7 heteroatoms. The predicted octanol–water partition coefficient (Wildman–Crippen LogP) is 4.26. The Labute approximate surface area is 169 Å². The second kappa shape index (κ2) is 10.4. The maximum Gasteiger partial charge on any atom is 0.253 e. The Kier molecular flexibility index (Phi) is 8.22. The van der Waals surface area contributed by atoms with Crippen LogP contribution in [0, 0.1) is 0 Å². The Morgan fingerprint density at radius 1 is 1.15 bits per heavy atom. The van der Waals surface area contributed by atoms with Gasteiger partial charge in [0.25, 0.3) is 5.91 Å². The van der Waals surface area contributed by atoms with E-state index in [0.29, 0.717) is 10.7 Å². The van der Waals surface area contributed by atoms with Gasteiger partial charge in [0, 0.05) is 48.4 Å². The molecule has 2 aromatic carbocycles. The van der Waals surface area contributed by atoms with Crippen molar-refractivity contribution in [2.75, 3.05) is 31.7 Å². The van der Waals surface area contributed by atoms with Gasteiger partial charge in [0.1, 0.15) is 0 Å². The minimum absolute atomic E-state index is 0.0206. The lowest BCUT2D eigenvalue weighted by Gasteiger charge is -2.12. The number of carbonyl (C=O) groups excluding carboxylic acids is 1.